The summed E-state index contributed by atoms with van der Waals surface area (Å²) in [6.07, 6.45) is 0.245. The molecule has 2 N–H and O–H groups in total. The predicted molar refractivity (Wildman–Crippen MR) is 179 cm³/mol. The Morgan fingerprint density at radius 3 is 2.41 bits per heavy atom. The number of nitrogens with one attached hydrogen (secondary N) is 1. The van der Waals surface area contributed by atoms with Gasteiger partial charge in [-0.05, 0) is 59.7 Å². The van der Waals surface area contributed by atoms with Gasteiger partial charge in [0.05, 0.1) is 18.0 Å². The van der Waals surface area contributed by atoms with Gasteiger partial charge in [0.15, 0.2) is 12.2 Å². The van der Waals surface area contributed by atoms with Gasteiger partial charge in [0.25, 0.3) is 0 Å². The SMILES string of the molecule is CC1C(COc2ccc3c(c2)Oc2cc(OCC(=O)O)ccc2C32OC(=O)c3ccccc32)=CSC2C(NC(=O)Cc3cccs3)C(=O)N12. The zero-order valence-corrected chi connectivity index (χ0v) is 27.5. The predicted octanol–water partition coefficient (Wildman–Crippen LogP) is 5.07. The molecule has 49 heavy (non-hydrogen) atoms. The fourth-order valence-electron chi connectivity index (χ4n) is 6.69. The molecule has 1 aromatic heterocycles. The quantitative estimate of drug-likeness (QED) is 0.180. The van der Waals surface area contributed by atoms with Crippen LogP contribution in [0.3, 0.4) is 0 Å². The van der Waals surface area contributed by atoms with E-state index in [1.807, 2.05) is 48.0 Å². The summed E-state index contributed by atoms with van der Waals surface area (Å²) in [6.45, 7) is 1.61. The Hall–Kier alpha value is -5.27. The number of hydrogen-bond donors (Lipinski definition) is 2. The van der Waals surface area contributed by atoms with Crippen molar-refractivity contribution in [1.82, 2.24) is 10.2 Å². The van der Waals surface area contributed by atoms with Gasteiger partial charge in [-0.25, -0.2) is 9.59 Å². The molecular formula is C36H28N2O9S2. The molecule has 4 aromatic rings. The molecule has 11 nitrogen and oxygen atoms in total. The number of nitrogens with zero attached hydrogens (tertiary/aromatic N) is 1. The second-order valence-electron chi connectivity index (χ2n) is 11.9. The number of fused-ring (bicyclic) bond motifs is 7. The third-order valence-electron chi connectivity index (χ3n) is 9.05. The topological polar surface area (TPSA) is 141 Å². The standard InChI is InChI=1S/C36H28N2O9S2/c1-19-20(18-49-34-32(33(42)38(19)34)37-30(39)15-23-5-4-12-48-23)16-44-21-8-10-26-28(13-21)46-29-14-22(45-17-31(40)41)9-11-27(29)36(26)25-7-3-2-6-24(25)35(43)47-36/h2-14,18-19,32,34H,15-17H2,1H3,(H,37,39)(H,40,41). The van der Waals surface area contributed by atoms with E-state index in [-0.39, 0.29) is 42.0 Å². The molecule has 0 saturated carbocycles. The molecular weight excluding hydrogens is 669 g/mol. The van der Waals surface area contributed by atoms with Crippen LogP contribution in [0.5, 0.6) is 23.0 Å². The zero-order valence-electron chi connectivity index (χ0n) is 25.9. The molecule has 0 radical (unpaired) electrons. The smallest absolute Gasteiger partial charge is 0.341 e. The Labute approximate surface area is 288 Å². The maximum absolute atomic E-state index is 13.2. The van der Waals surface area contributed by atoms with Crippen LogP contribution in [0.15, 0.2) is 89.2 Å². The summed E-state index contributed by atoms with van der Waals surface area (Å²) in [6, 6.07) is 20.4. The number of aliphatic carboxylic acids is 1. The van der Waals surface area contributed by atoms with Crippen molar-refractivity contribution in [2.75, 3.05) is 13.2 Å². The summed E-state index contributed by atoms with van der Waals surface area (Å²) in [4.78, 5) is 52.7. The summed E-state index contributed by atoms with van der Waals surface area (Å²) in [5, 5.41) is 15.7. The minimum Gasteiger partial charge on any atom is -0.489 e. The first kappa shape index (κ1) is 31.0. The number of carboxylic acids is 1. The van der Waals surface area contributed by atoms with Crippen LogP contribution in [0, 0.1) is 0 Å². The number of thiophene rings is 1. The maximum atomic E-state index is 13.2. The van der Waals surface area contributed by atoms with Crippen molar-refractivity contribution in [3.63, 3.8) is 0 Å². The van der Waals surface area contributed by atoms with Crippen molar-refractivity contribution in [3.05, 3.63) is 116 Å². The maximum Gasteiger partial charge on any atom is 0.341 e. The van der Waals surface area contributed by atoms with Crippen LogP contribution in [0.25, 0.3) is 0 Å². The number of ether oxygens (including phenoxy) is 4. The number of benzene rings is 3. The number of amides is 2. The van der Waals surface area contributed by atoms with E-state index in [1.165, 1.54) is 23.1 Å². The zero-order chi connectivity index (χ0) is 33.9. The van der Waals surface area contributed by atoms with E-state index in [0.29, 0.717) is 39.5 Å². The Morgan fingerprint density at radius 2 is 1.69 bits per heavy atom. The summed E-state index contributed by atoms with van der Waals surface area (Å²) < 4.78 is 24.2. The monoisotopic (exact) mass is 696 g/mol. The van der Waals surface area contributed by atoms with E-state index in [4.69, 9.17) is 24.1 Å². The van der Waals surface area contributed by atoms with Gasteiger partial charge in [-0.15, -0.1) is 23.1 Å². The number of thioether (sulfide) groups is 1. The Bertz CT molecular complexity index is 2060. The molecule has 4 atom stereocenters. The number of esters is 1. The number of carboxylic acid groups (broad SMARTS) is 1. The van der Waals surface area contributed by atoms with Crippen molar-refractivity contribution in [2.45, 2.75) is 36.4 Å². The van der Waals surface area contributed by atoms with E-state index < -0.39 is 30.2 Å². The summed E-state index contributed by atoms with van der Waals surface area (Å²) in [7, 11) is 0. The van der Waals surface area contributed by atoms with Crippen LogP contribution in [0.1, 0.15) is 38.8 Å². The van der Waals surface area contributed by atoms with Crippen LogP contribution >= 0.6 is 23.1 Å². The van der Waals surface area contributed by atoms with Crippen LogP contribution in [0.2, 0.25) is 0 Å². The fourth-order valence-corrected chi connectivity index (χ4v) is 8.73. The Balaban J connectivity index is 1.02. The van der Waals surface area contributed by atoms with Gasteiger partial charge in [-0.2, -0.15) is 0 Å². The van der Waals surface area contributed by atoms with Crippen molar-refractivity contribution in [1.29, 1.82) is 0 Å². The van der Waals surface area contributed by atoms with Crippen molar-refractivity contribution in [2.24, 2.45) is 0 Å². The molecule has 0 aliphatic carbocycles. The van der Waals surface area contributed by atoms with Gasteiger partial charge in [-0.1, -0.05) is 24.3 Å². The molecule has 0 bridgehead atoms. The van der Waals surface area contributed by atoms with Crippen molar-refractivity contribution in [3.8, 4) is 23.0 Å². The van der Waals surface area contributed by atoms with Gasteiger partial charge < -0.3 is 34.3 Å². The molecule has 13 heteroatoms. The lowest BCUT2D eigenvalue weighted by molar-refractivity contribution is -0.150. The normalized spacial score (nSPS) is 22.8. The molecule has 8 rings (SSSR count). The van der Waals surface area contributed by atoms with Crippen LogP contribution in [-0.2, 0) is 31.1 Å². The van der Waals surface area contributed by atoms with Gasteiger partial charge in [0.1, 0.15) is 41.0 Å². The lowest BCUT2D eigenvalue weighted by atomic mass is 9.77. The van der Waals surface area contributed by atoms with E-state index in [0.717, 1.165) is 10.5 Å². The first-order chi connectivity index (χ1) is 23.7. The van der Waals surface area contributed by atoms with E-state index in [1.54, 1.807) is 47.4 Å². The van der Waals surface area contributed by atoms with Gasteiger partial charge in [0.2, 0.25) is 11.8 Å². The van der Waals surface area contributed by atoms with Gasteiger partial charge >= 0.3 is 11.9 Å². The molecule has 5 heterocycles. The second kappa shape index (κ2) is 12.0. The number of β-lactam (4-membered cyclic amide) rings is 1. The largest absolute Gasteiger partial charge is 0.489 e. The third-order valence-corrected chi connectivity index (χ3v) is 11.1. The first-order valence-corrected chi connectivity index (χ1v) is 17.3. The lowest BCUT2D eigenvalue weighted by Crippen LogP contribution is -2.72. The highest BCUT2D eigenvalue weighted by Gasteiger charge is 2.54. The average Bonchev–Trinajstić information content (AvgIpc) is 3.71. The van der Waals surface area contributed by atoms with Crippen LogP contribution < -0.4 is 19.5 Å². The number of carbonyl (C=O) groups excluding carboxylic acids is 3. The summed E-state index contributed by atoms with van der Waals surface area (Å²) in [5.74, 6) is -0.386. The molecule has 4 aliphatic rings. The second-order valence-corrected chi connectivity index (χ2v) is 14.0. The average molecular weight is 697 g/mol. The number of rotatable bonds is 9. The lowest BCUT2D eigenvalue weighted by Gasteiger charge is -2.52. The van der Waals surface area contributed by atoms with Crippen molar-refractivity contribution < 1.29 is 43.2 Å². The van der Waals surface area contributed by atoms with E-state index >= 15 is 0 Å². The number of carbonyl (C=O) groups is 4. The number of hydrogen-bond acceptors (Lipinski definition) is 10. The Morgan fingerprint density at radius 1 is 0.959 bits per heavy atom. The van der Waals surface area contributed by atoms with Gasteiger partial charge in [-0.3, -0.25) is 9.59 Å². The Kier molecular flexibility index (Phi) is 7.60. The minimum absolute atomic E-state index is 0.126. The minimum atomic E-state index is -1.31. The molecule has 4 unspecified atom stereocenters. The molecule has 1 saturated heterocycles. The molecule has 1 spiro atoms. The van der Waals surface area contributed by atoms with Crippen LogP contribution in [-0.4, -0.2) is 64.4 Å². The van der Waals surface area contributed by atoms with E-state index in [9.17, 15) is 19.2 Å². The highest BCUT2D eigenvalue weighted by Crippen LogP contribution is 2.57. The third kappa shape index (κ3) is 5.20. The fraction of sp³-hybridized carbons (Fsp3) is 0.222. The molecule has 2 amide bonds. The van der Waals surface area contributed by atoms with Crippen molar-refractivity contribution >= 4 is 46.9 Å². The molecule has 3 aromatic carbocycles. The van der Waals surface area contributed by atoms with Gasteiger partial charge in [0, 0.05) is 33.7 Å². The summed E-state index contributed by atoms with van der Waals surface area (Å²) in [5.41, 5.74) is 1.87. The highest BCUT2D eigenvalue weighted by molar-refractivity contribution is 8.02. The summed E-state index contributed by atoms with van der Waals surface area (Å²) >= 11 is 2.99. The highest BCUT2D eigenvalue weighted by atomic mass is 32.2. The molecule has 1 fully saturated rings. The van der Waals surface area contributed by atoms with Crippen LogP contribution in [0.4, 0.5) is 0 Å². The first-order valence-electron chi connectivity index (χ1n) is 15.5. The van der Waals surface area contributed by atoms with E-state index in [2.05, 4.69) is 5.32 Å². The molecule has 248 valence electrons. The molecule has 4 aliphatic heterocycles.